The zero-order chi connectivity index (χ0) is 16.2. The lowest BCUT2D eigenvalue weighted by Gasteiger charge is -2.26. The number of hydrogen-bond donors (Lipinski definition) is 1. The van der Waals surface area contributed by atoms with E-state index in [0.29, 0.717) is 29.5 Å². The SMILES string of the molecule is CCNCc1c(C)oc(C)c1S(=O)(=O)N(CC)C(C)CC. The maximum Gasteiger partial charge on any atom is 0.247 e. The van der Waals surface area contributed by atoms with Crippen LogP contribution in [0, 0.1) is 13.8 Å². The van der Waals surface area contributed by atoms with Gasteiger partial charge in [0.2, 0.25) is 10.0 Å². The Morgan fingerprint density at radius 3 is 2.29 bits per heavy atom. The van der Waals surface area contributed by atoms with E-state index in [2.05, 4.69) is 5.32 Å². The number of nitrogens with one attached hydrogen (secondary N) is 1. The second-order valence-corrected chi connectivity index (χ2v) is 7.10. The van der Waals surface area contributed by atoms with Crippen LogP contribution in [0.2, 0.25) is 0 Å². The third-order valence-electron chi connectivity index (χ3n) is 3.84. The van der Waals surface area contributed by atoms with Gasteiger partial charge in [-0.05, 0) is 33.7 Å². The number of furan rings is 1. The molecule has 1 aromatic rings. The molecule has 0 aliphatic carbocycles. The molecule has 0 aromatic carbocycles. The Labute approximate surface area is 128 Å². The van der Waals surface area contributed by atoms with Gasteiger partial charge in [-0.3, -0.25) is 0 Å². The van der Waals surface area contributed by atoms with Crippen molar-refractivity contribution in [3.05, 3.63) is 17.1 Å². The smallest absolute Gasteiger partial charge is 0.247 e. The Kier molecular flexibility index (Phi) is 6.43. The summed E-state index contributed by atoms with van der Waals surface area (Å²) in [5, 5.41) is 3.19. The Morgan fingerprint density at radius 1 is 1.19 bits per heavy atom. The highest BCUT2D eigenvalue weighted by Crippen LogP contribution is 2.30. The first-order valence-electron chi connectivity index (χ1n) is 7.62. The van der Waals surface area contributed by atoms with Crippen LogP contribution in [0.3, 0.4) is 0 Å². The quantitative estimate of drug-likeness (QED) is 0.801. The van der Waals surface area contributed by atoms with E-state index in [-0.39, 0.29) is 6.04 Å². The van der Waals surface area contributed by atoms with Gasteiger partial charge in [-0.2, -0.15) is 4.31 Å². The van der Waals surface area contributed by atoms with E-state index in [4.69, 9.17) is 4.42 Å². The third-order valence-corrected chi connectivity index (χ3v) is 6.12. The minimum absolute atomic E-state index is 0.0263. The average molecular weight is 316 g/mol. The van der Waals surface area contributed by atoms with E-state index >= 15 is 0 Å². The highest BCUT2D eigenvalue weighted by atomic mass is 32.2. The van der Waals surface area contributed by atoms with Gasteiger partial charge < -0.3 is 9.73 Å². The van der Waals surface area contributed by atoms with Gasteiger partial charge in [0.25, 0.3) is 0 Å². The van der Waals surface area contributed by atoms with Crippen LogP contribution < -0.4 is 5.32 Å². The minimum atomic E-state index is -3.53. The van der Waals surface area contributed by atoms with E-state index < -0.39 is 10.0 Å². The first-order chi connectivity index (χ1) is 9.81. The second kappa shape index (κ2) is 7.42. The summed E-state index contributed by atoms with van der Waals surface area (Å²) >= 11 is 0. The average Bonchev–Trinajstić information content (AvgIpc) is 2.71. The number of sulfonamides is 1. The molecule has 0 amide bonds. The molecular formula is C15H28N2O3S. The van der Waals surface area contributed by atoms with Crippen molar-refractivity contribution in [1.82, 2.24) is 9.62 Å². The maximum absolute atomic E-state index is 13.0. The predicted molar refractivity (Wildman–Crippen MR) is 84.9 cm³/mol. The number of nitrogens with zero attached hydrogens (tertiary/aromatic N) is 1. The summed E-state index contributed by atoms with van der Waals surface area (Å²) in [5.41, 5.74) is 0.746. The van der Waals surface area contributed by atoms with Crippen LogP contribution in [0.25, 0.3) is 0 Å². The first kappa shape index (κ1) is 18.2. The van der Waals surface area contributed by atoms with E-state index in [1.807, 2.05) is 34.6 Å². The molecule has 0 radical (unpaired) electrons. The Hall–Kier alpha value is -0.850. The van der Waals surface area contributed by atoms with Crippen molar-refractivity contribution in [2.75, 3.05) is 13.1 Å². The Balaban J connectivity index is 3.36. The fourth-order valence-corrected chi connectivity index (χ4v) is 4.67. The number of hydrogen-bond acceptors (Lipinski definition) is 4. The highest BCUT2D eigenvalue weighted by molar-refractivity contribution is 7.89. The van der Waals surface area contributed by atoms with Gasteiger partial charge in [0, 0.05) is 24.7 Å². The van der Waals surface area contributed by atoms with Crippen LogP contribution in [-0.2, 0) is 16.6 Å². The fourth-order valence-electron chi connectivity index (χ4n) is 2.54. The van der Waals surface area contributed by atoms with Crippen LogP contribution in [-0.4, -0.2) is 31.9 Å². The molecule has 0 aliphatic heterocycles. The molecule has 0 fully saturated rings. The number of rotatable bonds is 8. The molecule has 1 aromatic heterocycles. The van der Waals surface area contributed by atoms with Crippen molar-refractivity contribution in [2.45, 2.75) is 65.4 Å². The van der Waals surface area contributed by atoms with Crippen LogP contribution in [0.15, 0.2) is 9.31 Å². The predicted octanol–water partition coefficient (Wildman–Crippen LogP) is 2.82. The van der Waals surface area contributed by atoms with Gasteiger partial charge >= 0.3 is 0 Å². The van der Waals surface area contributed by atoms with Gasteiger partial charge in [-0.1, -0.05) is 20.8 Å². The Morgan fingerprint density at radius 2 is 1.81 bits per heavy atom. The standard InChI is InChI=1S/C15H28N2O3S/c1-7-11(4)17(9-3)21(18,19)15-13(6)20-12(5)14(15)10-16-8-2/h11,16H,7-10H2,1-6H3. The highest BCUT2D eigenvalue weighted by Gasteiger charge is 2.33. The fraction of sp³-hybridized carbons (Fsp3) is 0.733. The maximum atomic E-state index is 13.0. The van der Waals surface area contributed by atoms with Crippen LogP contribution in [0.4, 0.5) is 0 Å². The molecule has 1 rings (SSSR count). The van der Waals surface area contributed by atoms with Crippen molar-refractivity contribution in [3.8, 4) is 0 Å². The first-order valence-corrected chi connectivity index (χ1v) is 9.06. The zero-order valence-electron chi connectivity index (χ0n) is 14.0. The summed E-state index contributed by atoms with van der Waals surface area (Å²) in [6, 6.07) is -0.0263. The molecular weight excluding hydrogens is 288 g/mol. The zero-order valence-corrected chi connectivity index (χ0v) is 14.8. The summed E-state index contributed by atoms with van der Waals surface area (Å²) in [6.07, 6.45) is 0.783. The van der Waals surface area contributed by atoms with Gasteiger partial charge in [-0.15, -0.1) is 0 Å². The molecule has 1 N–H and O–H groups in total. The molecule has 21 heavy (non-hydrogen) atoms. The van der Waals surface area contributed by atoms with Gasteiger partial charge in [0.1, 0.15) is 16.4 Å². The third kappa shape index (κ3) is 3.67. The van der Waals surface area contributed by atoms with E-state index in [9.17, 15) is 8.42 Å². The molecule has 1 unspecified atom stereocenters. The molecule has 0 bridgehead atoms. The number of aryl methyl sites for hydroxylation is 2. The topological polar surface area (TPSA) is 62.6 Å². The Bertz CT molecular complexity index is 564. The lowest BCUT2D eigenvalue weighted by atomic mass is 10.2. The van der Waals surface area contributed by atoms with Crippen molar-refractivity contribution in [1.29, 1.82) is 0 Å². The summed E-state index contributed by atoms with van der Waals surface area (Å²) < 4.78 is 33.2. The van der Waals surface area contributed by atoms with E-state index in [1.165, 1.54) is 0 Å². The monoisotopic (exact) mass is 316 g/mol. The summed E-state index contributed by atoms with van der Waals surface area (Å²) in [4.78, 5) is 0.336. The molecule has 5 nitrogen and oxygen atoms in total. The molecule has 0 aliphatic rings. The van der Waals surface area contributed by atoms with Gasteiger partial charge in [0.05, 0.1) is 0 Å². The molecule has 1 heterocycles. The largest absolute Gasteiger partial charge is 0.465 e. The molecule has 0 saturated heterocycles. The normalized spacial score (nSPS) is 13.9. The lowest BCUT2D eigenvalue weighted by Crippen LogP contribution is -2.38. The summed E-state index contributed by atoms with van der Waals surface area (Å²) in [5.74, 6) is 1.15. The van der Waals surface area contributed by atoms with Crippen LogP contribution in [0.1, 0.15) is 51.2 Å². The van der Waals surface area contributed by atoms with Crippen LogP contribution >= 0.6 is 0 Å². The molecule has 0 spiro atoms. The van der Waals surface area contributed by atoms with Crippen molar-refractivity contribution < 1.29 is 12.8 Å². The second-order valence-electron chi connectivity index (χ2n) is 5.27. The van der Waals surface area contributed by atoms with Crippen molar-refractivity contribution in [3.63, 3.8) is 0 Å². The van der Waals surface area contributed by atoms with E-state index in [1.54, 1.807) is 11.2 Å². The summed E-state index contributed by atoms with van der Waals surface area (Å²) in [6.45, 7) is 13.1. The molecule has 122 valence electrons. The van der Waals surface area contributed by atoms with Crippen molar-refractivity contribution in [2.24, 2.45) is 0 Å². The summed E-state index contributed by atoms with van der Waals surface area (Å²) in [7, 11) is -3.53. The lowest BCUT2D eigenvalue weighted by molar-refractivity contribution is 0.341. The molecule has 6 heteroatoms. The van der Waals surface area contributed by atoms with Gasteiger partial charge in [0.15, 0.2) is 0 Å². The van der Waals surface area contributed by atoms with Crippen molar-refractivity contribution >= 4 is 10.0 Å². The minimum Gasteiger partial charge on any atom is -0.465 e. The molecule has 1 atom stereocenters. The van der Waals surface area contributed by atoms with Crippen LogP contribution in [0.5, 0.6) is 0 Å². The van der Waals surface area contributed by atoms with Gasteiger partial charge in [-0.25, -0.2) is 8.42 Å². The van der Waals surface area contributed by atoms with E-state index in [0.717, 1.165) is 18.5 Å². The molecule has 0 saturated carbocycles.